The summed E-state index contributed by atoms with van der Waals surface area (Å²) in [5.41, 5.74) is 4.12. The van der Waals surface area contributed by atoms with Crippen LogP contribution in [-0.4, -0.2) is 41.8 Å². The number of pyridine rings is 1. The van der Waals surface area contributed by atoms with Crippen LogP contribution in [-0.2, 0) is 11.8 Å². The van der Waals surface area contributed by atoms with Crippen LogP contribution in [0.25, 0.3) is 32.8 Å². The quantitative estimate of drug-likeness (QED) is 0.242. The minimum atomic E-state index is -0.380. The zero-order valence-electron chi connectivity index (χ0n) is 20.2. The van der Waals surface area contributed by atoms with Crippen molar-refractivity contribution >= 4 is 50.5 Å². The van der Waals surface area contributed by atoms with Crippen LogP contribution in [0.3, 0.4) is 0 Å². The lowest BCUT2D eigenvalue weighted by Crippen LogP contribution is -2.29. The van der Waals surface area contributed by atoms with Crippen LogP contribution in [0.4, 0.5) is 10.5 Å². The van der Waals surface area contributed by atoms with Crippen LogP contribution < -0.4 is 16.0 Å². The lowest BCUT2D eigenvalue weighted by molar-refractivity contribution is 0.0601. The molecule has 0 atom stereocenters. The van der Waals surface area contributed by atoms with E-state index in [4.69, 9.17) is 9.73 Å². The number of ether oxygens (including phenoxy) is 1. The Morgan fingerprint density at radius 3 is 2.58 bits per heavy atom. The molecule has 5 rings (SSSR count). The number of benzene rings is 3. The molecule has 0 aliphatic carbocycles. The van der Waals surface area contributed by atoms with Gasteiger partial charge in [-0.25, -0.2) is 9.59 Å². The first-order valence-corrected chi connectivity index (χ1v) is 11.8. The average molecular weight is 482 g/mol. The summed E-state index contributed by atoms with van der Waals surface area (Å²) in [4.78, 5) is 32.8. The number of nitrogens with one attached hydrogen (secondary N) is 3. The van der Waals surface area contributed by atoms with E-state index < -0.39 is 0 Å². The topological polar surface area (TPSA) is 101 Å². The fraction of sp³-hybridized carbons (Fsp3) is 0.179. The number of hydrogen-bond acceptors (Lipinski definition) is 4. The second-order valence-electron chi connectivity index (χ2n) is 8.51. The lowest BCUT2D eigenvalue weighted by atomic mass is 10.1. The first kappa shape index (κ1) is 23.2. The Labute approximate surface area is 207 Å². The average Bonchev–Trinajstić information content (AvgIpc) is 3.29. The summed E-state index contributed by atoms with van der Waals surface area (Å²) >= 11 is 0. The number of nitrogens with zero attached hydrogens (tertiary/aromatic N) is 2. The molecule has 8 nitrogen and oxygen atoms in total. The van der Waals surface area contributed by atoms with Gasteiger partial charge in [0.15, 0.2) is 0 Å². The molecule has 36 heavy (non-hydrogen) atoms. The highest BCUT2D eigenvalue weighted by Gasteiger charge is 2.15. The van der Waals surface area contributed by atoms with Crippen LogP contribution in [0.5, 0.6) is 0 Å². The number of rotatable bonds is 6. The summed E-state index contributed by atoms with van der Waals surface area (Å²) in [5.74, 6) is -0.380. The van der Waals surface area contributed by atoms with Crippen molar-refractivity contribution in [2.45, 2.75) is 6.42 Å². The summed E-state index contributed by atoms with van der Waals surface area (Å²) < 4.78 is 7.04. The van der Waals surface area contributed by atoms with Gasteiger partial charge in [-0.05, 0) is 42.8 Å². The molecule has 0 aliphatic heterocycles. The number of esters is 1. The van der Waals surface area contributed by atoms with Gasteiger partial charge < -0.3 is 24.9 Å². The highest BCUT2D eigenvalue weighted by Crippen LogP contribution is 2.27. The van der Waals surface area contributed by atoms with Gasteiger partial charge in [-0.3, -0.25) is 4.99 Å². The molecule has 2 heterocycles. The van der Waals surface area contributed by atoms with Crippen molar-refractivity contribution in [3.63, 3.8) is 0 Å². The highest BCUT2D eigenvalue weighted by atomic mass is 16.5. The van der Waals surface area contributed by atoms with Crippen LogP contribution in [0.1, 0.15) is 16.8 Å². The van der Waals surface area contributed by atoms with Gasteiger partial charge in [-0.2, -0.15) is 0 Å². The first-order chi connectivity index (χ1) is 17.6. The molecule has 2 amide bonds. The second kappa shape index (κ2) is 9.95. The van der Waals surface area contributed by atoms with Crippen molar-refractivity contribution in [3.05, 3.63) is 83.7 Å². The Morgan fingerprint density at radius 1 is 1.00 bits per heavy atom. The number of amides is 2. The van der Waals surface area contributed by atoms with Crippen molar-refractivity contribution < 1.29 is 14.3 Å². The maximum atomic E-state index is 12.2. The SMILES string of the molecule is COC(=O)c1ccc2[nH]c3c(c(=NCCCNC(=O)Nc4ccccc4)c4ccccc4n3C)c2c1. The molecule has 0 radical (unpaired) electrons. The van der Waals surface area contributed by atoms with Gasteiger partial charge in [0.1, 0.15) is 5.65 Å². The number of urea groups is 1. The van der Waals surface area contributed by atoms with Gasteiger partial charge in [-0.15, -0.1) is 0 Å². The molecule has 5 aromatic rings. The lowest BCUT2D eigenvalue weighted by Gasteiger charge is -2.09. The largest absolute Gasteiger partial charge is 0.465 e. The molecule has 0 unspecified atom stereocenters. The normalized spacial score (nSPS) is 11.8. The van der Waals surface area contributed by atoms with Crippen molar-refractivity contribution in [2.24, 2.45) is 12.0 Å². The Hall–Kier alpha value is -4.59. The number of H-pyrrole nitrogens is 1. The third-order valence-corrected chi connectivity index (χ3v) is 6.21. The predicted octanol–water partition coefficient (Wildman–Crippen LogP) is 4.71. The summed E-state index contributed by atoms with van der Waals surface area (Å²) in [6.07, 6.45) is 0.675. The van der Waals surface area contributed by atoms with E-state index in [0.717, 1.165) is 43.9 Å². The molecule has 3 N–H and O–H groups in total. The Balaban J connectivity index is 1.48. The van der Waals surface area contributed by atoms with E-state index in [1.165, 1.54) is 7.11 Å². The van der Waals surface area contributed by atoms with E-state index in [1.54, 1.807) is 6.07 Å². The summed E-state index contributed by atoms with van der Waals surface area (Å²) in [6, 6.07) is 22.7. The van der Waals surface area contributed by atoms with E-state index in [1.807, 2.05) is 61.6 Å². The number of aromatic amines is 1. The molecule has 0 aliphatic rings. The monoisotopic (exact) mass is 481 g/mol. The Morgan fingerprint density at radius 2 is 1.78 bits per heavy atom. The van der Waals surface area contributed by atoms with Gasteiger partial charge in [-0.1, -0.05) is 36.4 Å². The van der Waals surface area contributed by atoms with E-state index in [0.29, 0.717) is 25.1 Å². The maximum absolute atomic E-state index is 12.2. The maximum Gasteiger partial charge on any atom is 0.337 e. The van der Waals surface area contributed by atoms with Crippen LogP contribution >= 0.6 is 0 Å². The number of anilines is 1. The standard InChI is InChI=1S/C28H27N5O3/c1-33-23-12-7-6-11-20(23)25(29-15-8-16-30-28(35)31-19-9-4-3-5-10-19)24-21-17-18(27(34)36-2)13-14-22(21)32-26(24)33/h3-7,9-14,17,32H,8,15-16H2,1-2H3,(H2,30,31,35). The smallest absolute Gasteiger partial charge is 0.337 e. The molecule has 0 fully saturated rings. The van der Waals surface area contributed by atoms with Crippen molar-refractivity contribution in [1.82, 2.24) is 14.9 Å². The number of hydrogen-bond donors (Lipinski definition) is 3. The minimum Gasteiger partial charge on any atom is -0.465 e. The van der Waals surface area contributed by atoms with Crippen LogP contribution in [0, 0.1) is 0 Å². The van der Waals surface area contributed by atoms with Gasteiger partial charge in [0.2, 0.25) is 0 Å². The van der Waals surface area contributed by atoms with E-state index >= 15 is 0 Å². The number of fused-ring (bicyclic) bond motifs is 4. The van der Waals surface area contributed by atoms with Crippen molar-refractivity contribution in [1.29, 1.82) is 0 Å². The van der Waals surface area contributed by atoms with Gasteiger partial charge in [0, 0.05) is 42.1 Å². The zero-order chi connectivity index (χ0) is 25.1. The molecule has 2 aromatic heterocycles. The number of carbonyl (C=O) groups excluding carboxylic acids is 2. The third-order valence-electron chi connectivity index (χ3n) is 6.21. The van der Waals surface area contributed by atoms with E-state index in [9.17, 15) is 9.59 Å². The molecule has 0 spiro atoms. The summed E-state index contributed by atoms with van der Waals surface area (Å²) in [6.45, 7) is 1.02. The first-order valence-electron chi connectivity index (χ1n) is 11.8. The van der Waals surface area contributed by atoms with Crippen molar-refractivity contribution in [3.8, 4) is 0 Å². The molecule has 8 heteroatoms. The fourth-order valence-electron chi connectivity index (χ4n) is 4.47. The van der Waals surface area contributed by atoms with Crippen molar-refractivity contribution in [2.75, 3.05) is 25.5 Å². The number of methoxy groups -OCH3 is 1. The molecule has 3 aromatic carbocycles. The minimum absolute atomic E-state index is 0.243. The molecule has 0 saturated carbocycles. The number of carbonyl (C=O) groups is 2. The number of aromatic nitrogens is 2. The number of para-hydroxylation sites is 2. The Bertz CT molecular complexity index is 1650. The summed E-state index contributed by atoms with van der Waals surface area (Å²) in [7, 11) is 3.39. The molecule has 0 saturated heterocycles. The predicted molar refractivity (Wildman–Crippen MR) is 142 cm³/mol. The molecule has 0 bridgehead atoms. The molecular formula is C28H27N5O3. The van der Waals surface area contributed by atoms with Gasteiger partial charge in [0.05, 0.1) is 28.9 Å². The van der Waals surface area contributed by atoms with E-state index in [-0.39, 0.29) is 12.0 Å². The molecule has 182 valence electrons. The van der Waals surface area contributed by atoms with E-state index in [2.05, 4.69) is 32.3 Å². The Kier molecular flexibility index (Phi) is 6.40. The highest BCUT2D eigenvalue weighted by molar-refractivity contribution is 6.11. The van der Waals surface area contributed by atoms with Gasteiger partial charge >= 0.3 is 12.0 Å². The van der Waals surface area contributed by atoms with Gasteiger partial charge in [0.25, 0.3) is 0 Å². The van der Waals surface area contributed by atoms with Crippen LogP contribution in [0.2, 0.25) is 0 Å². The molecular weight excluding hydrogens is 454 g/mol. The second-order valence-corrected chi connectivity index (χ2v) is 8.51. The zero-order valence-corrected chi connectivity index (χ0v) is 20.2. The fourth-order valence-corrected chi connectivity index (χ4v) is 4.47. The summed E-state index contributed by atoms with van der Waals surface area (Å²) in [5, 5.41) is 9.44. The third kappa shape index (κ3) is 4.40. The van der Waals surface area contributed by atoms with Crippen LogP contribution in [0.15, 0.2) is 77.8 Å². The number of aryl methyl sites for hydroxylation is 1.